The first-order valence-electron chi connectivity index (χ1n) is 5.34. The number of esters is 1. The molecule has 6 heteroatoms. The summed E-state index contributed by atoms with van der Waals surface area (Å²) in [5.74, 6) is -0.623. The second-order valence-corrected chi connectivity index (χ2v) is 6.47. The van der Waals surface area contributed by atoms with Gasteiger partial charge in [-0.25, -0.2) is 4.79 Å². The summed E-state index contributed by atoms with van der Waals surface area (Å²) in [6.07, 6.45) is 0. The van der Waals surface area contributed by atoms with Crippen molar-refractivity contribution in [3.63, 3.8) is 0 Å². The van der Waals surface area contributed by atoms with Gasteiger partial charge in [-0.3, -0.25) is 4.79 Å². The Kier molecular flexibility index (Phi) is 4.54. The summed E-state index contributed by atoms with van der Waals surface area (Å²) >= 11 is 3.67. The van der Waals surface area contributed by atoms with Crippen molar-refractivity contribution in [2.75, 3.05) is 12.4 Å². The number of hydrogen-bond acceptors (Lipinski definition) is 4. The number of carbonyl (C=O) groups is 2. The largest absolute Gasteiger partial charge is 0.465 e. The molecule has 98 valence electrons. The van der Waals surface area contributed by atoms with Gasteiger partial charge >= 0.3 is 5.97 Å². The molecule has 1 N–H and O–H groups in total. The fourth-order valence-corrected chi connectivity index (χ4v) is 2.80. The summed E-state index contributed by atoms with van der Waals surface area (Å²) < 4.78 is 5.68. The maximum absolute atomic E-state index is 12.0. The number of nitrogens with one attached hydrogen (secondary N) is 1. The van der Waals surface area contributed by atoms with Crippen LogP contribution in [-0.4, -0.2) is 19.0 Å². The minimum Gasteiger partial charge on any atom is -0.465 e. The molecule has 1 amide bonds. The highest BCUT2D eigenvalue weighted by atomic mass is 127. The molecule has 0 aliphatic rings. The first-order chi connectivity index (χ1) is 9.10. The molecule has 1 aromatic carbocycles. The van der Waals surface area contributed by atoms with Gasteiger partial charge in [0.05, 0.1) is 21.1 Å². The zero-order chi connectivity index (χ0) is 13.8. The number of rotatable bonds is 3. The molecule has 4 nitrogen and oxygen atoms in total. The third-order valence-corrected chi connectivity index (χ3v) is 4.16. The van der Waals surface area contributed by atoms with Crippen LogP contribution in [0.15, 0.2) is 35.7 Å². The molecule has 0 saturated heterocycles. The molecule has 19 heavy (non-hydrogen) atoms. The Balaban J connectivity index is 2.15. The third-order valence-electron chi connectivity index (χ3n) is 2.37. The van der Waals surface area contributed by atoms with E-state index in [4.69, 9.17) is 0 Å². The molecule has 0 atom stereocenters. The highest BCUT2D eigenvalue weighted by molar-refractivity contribution is 14.1. The lowest BCUT2D eigenvalue weighted by molar-refractivity contribution is 0.0600. The van der Waals surface area contributed by atoms with Gasteiger partial charge < -0.3 is 10.1 Å². The summed E-state index contributed by atoms with van der Waals surface area (Å²) in [6, 6.07) is 8.45. The van der Waals surface area contributed by atoms with Crippen LogP contribution in [0.2, 0.25) is 0 Å². The summed E-state index contributed by atoms with van der Waals surface area (Å²) in [5.41, 5.74) is 1.58. The molecule has 1 aromatic heterocycles. The van der Waals surface area contributed by atoms with E-state index < -0.39 is 5.97 Å². The second kappa shape index (κ2) is 6.16. The highest BCUT2D eigenvalue weighted by Crippen LogP contribution is 2.18. The Morgan fingerprint density at radius 1 is 1.26 bits per heavy atom. The second-order valence-electron chi connectivity index (χ2n) is 3.67. The van der Waals surface area contributed by atoms with Gasteiger partial charge in [0.2, 0.25) is 0 Å². The summed E-state index contributed by atoms with van der Waals surface area (Å²) in [6.45, 7) is 0. The monoisotopic (exact) mass is 387 g/mol. The first-order valence-corrected chi connectivity index (χ1v) is 7.30. The number of halogens is 1. The Hall–Kier alpha value is -1.41. The van der Waals surface area contributed by atoms with E-state index in [2.05, 4.69) is 32.6 Å². The van der Waals surface area contributed by atoms with Crippen molar-refractivity contribution in [2.45, 2.75) is 0 Å². The van der Waals surface area contributed by atoms with Gasteiger partial charge in [-0.1, -0.05) is 6.07 Å². The van der Waals surface area contributed by atoms with Crippen LogP contribution in [0.4, 0.5) is 5.69 Å². The molecular formula is C13H10INO3S. The van der Waals surface area contributed by atoms with Gasteiger partial charge in [0, 0.05) is 11.1 Å². The molecule has 0 bridgehead atoms. The average molecular weight is 387 g/mol. The number of benzene rings is 1. The number of anilines is 1. The smallest absolute Gasteiger partial charge is 0.337 e. The van der Waals surface area contributed by atoms with Gasteiger partial charge in [0.15, 0.2) is 0 Å². The van der Waals surface area contributed by atoms with Crippen molar-refractivity contribution in [3.8, 4) is 0 Å². The Morgan fingerprint density at radius 3 is 2.68 bits per heavy atom. The molecule has 0 fully saturated rings. The van der Waals surface area contributed by atoms with Gasteiger partial charge in [-0.15, -0.1) is 11.3 Å². The standard InChI is InChI=1S/C13H10INO3S/c1-18-13(17)8-3-2-4-10(5-8)15-12(16)9-6-11(14)19-7-9/h2-7H,1H3,(H,15,16). The number of methoxy groups -OCH3 is 1. The highest BCUT2D eigenvalue weighted by Gasteiger charge is 2.10. The fourth-order valence-electron chi connectivity index (χ4n) is 1.47. The predicted molar refractivity (Wildman–Crippen MR) is 82.8 cm³/mol. The molecule has 2 aromatic rings. The van der Waals surface area contributed by atoms with E-state index in [9.17, 15) is 9.59 Å². The van der Waals surface area contributed by atoms with Crippen molar-refractivity contribution < 1.29 is 14.3 Å². The molecule has 0 aliphatic heterocycles. The fraction of sp³-hybridized carbons (Fsp3) is 0.0769. The maximum Gasteiger partial charge on any atom is 0.337 e. The Bertz CT molecular complexity index is 624. The molecule has 2 rings (SSSR count). The van der Waals surface area contributed by atoms with Crippen LogP contribution in [0, 0.1) is 2.88 Å². The van der Waals surface area contributed by atoms with Gasteiger partial charge in [-0.2, -0.15) is 0 Å². The van der Waals surface area contributed by atoms with Crippen LogP contribution in [0.1, 0.15) is 20.7 Å². The summed E-state index contributed by atoms with van der Waals surface area (Å²) in [4.78, 5) is 23.3. The van der Waals surface area contributed by atoms with Crippen LogP contribution in [0.5, 0.6) is 0 Å². The predicted octanol–water partition coefficient (Wildman–Crippen LogP) is 3.39. The van der Waals surface area contributed by atoms with E-state index in [0.717, 1.165) is 2.88 Å². The van der Waals surface area contributed by atoms with E-state index in [1.807, 2.05) is 6.07 Å². The number of ether oxygens (including phenoxy) is 1. The zero-order valence-corrected chi connectivity index (χ0v) is 12.9. The number of thiophene rings is 1. The van der Waals surface area contributed by atoms with E-state index in [-0.39, 0.29) is 5.91 Å². The quantitative estimate of drug-likeness (QED) is 0.649. The number of hydrogen-bond donors (Lipinski definition) is 1. The van der Waals surface area contributed by atoms with Crippen LogP contribution in [0.25, 0.3) is 0 Å². The lowest BCUT2D eigenvalue weighted by atomic mass is 10.2. The van der Waals surface area contributed by atoms with E-state index in [0.29, 0.717) is 16.8 Å². The average Bonchev–Trinajstić information content (AvgIpc) is 2.85. The van der Waals surface area contributed by atoms with Crippen molar-refractivity contribution >= 4 is 51.5 Å². The van der Waals surface area contributed by atoms with Crippen LogP contribution in [0.3, 0.4) is 0 Å². The van der Waals surface area contributed by atoms with Gasteiger partial charge in [-0.05, 0) is 46.9 Å². The van der Waals surface area contributed by atoms with E-state index >= 15 is 0 Å². The molecule has 0 unspecified atom stereocenters. The summed E-state index contributed by atoms with van der Waals surface area (Å²) in [7, 11) is 1.32. The van der Waals surface area contributed by atoms with Gasteiger partial charge in [0.1, 0.15) is 0 Å². The lowest BCUT2D eigenvalue weighted by Crippen LogP contribution is -2.11. The molecular weight excluding hydrogens is 377 g/mol. The third kappa shape index (κ3) is 3.54. The van der Waals surface area contributed by atoms with Crippen molar-refractivity contribution in [1.29, 1.82) is 0 Å². The normalized spacial score (nSPS) is 10.0. The molecule has 1 heterocycles. The lowest BCUT2D eigenvalue weighted by Gasteiger charge is -2.05. The molecule has 0 spiro atoms. The van der Waals surface area contributed by atoms with Gasteiger partial charge in [0.25, 0.3) is 5.91 Å². The Labute approximate surface area is 127 Å². The minimum atomic E-state index is -0.429. The topological polar surface area (TPSA) is 55.4 Å². The number of carbonyl (C=O) groups excluding carboxylic acids is 2. The van der Waals surface area contributed by atoms with Crippen LogP contribution < -0.4 is 5.32 Å². The SMILES string of the molecule is COC(=O)c1cccc(NC(=O)c2csc(I)c2)c1. The molecule has 0 saturated carbocycles. The molecule has 0 radical (unpaired) electrons. The molecule has 0 aliphatic carbocycles. The van der Waals surface area contributed by atoms with Crippen molar-refractivity contribution in [3.05, 3.63) is 49.7 Å². The van der Waals surface area contributed by atoms with E-state index in [1.165, 1.54) is 18.4 Å². The van der Waals surface area contributed by atoms with Crippen molar-refractivity contribution in [1.82, 2.24) is 0 Å². The Morgan fingerprint density at radius 2 is 2.05 bits per heavy atom. The summed E-state index contributed by atoms with van der Waals surface area (Å²) in [5, 5.41) is 4.54. The minimum absolute atomic E-state index is 0.193. The number of amides is 1. The first kappa shape index (κ1) is 14.0. The zero-order valence-electron chi connectivity index (χ0n) is 9.98. The van der Waals surface area contributed by atoms with Crippen LogP contribution >= 0.6 is 33.9 Å². The van der Waals surface area contributed by atoms with Crippen LogP contribution in [-0.2, 0) is 4.74 Å². The maximum atomic E-state index is 12.0. The van der Waals surface area contributed by atoms with E-state index in [1.54, 1.807) is 29.6 Å². The van der Waals surface area contributed by atoms with Crippen molar-refractivity contribution in [2.24, 2.45) is 0 Å².